The van der Waals surface area contributed by atoms with Crippen LogP contribution in [0.2, 0.25) is 0 Å². The van der Waals surface area contributed by atoms with Crippen molar-refractivity contribution >= 4 is 0 Å². The molecule has 1 aromatic carbocycles. The van der Waals surface area contributed by atoms with Crippen molar-refractivity contribution in [2.24, 2.45) is 0 Å². The Labute approximate surface area is 128 Å². The van der Waals surface area contributed by atoms with Crippen LogP contribution in [0.15, 0.2) is 67.3 Å². The lowest BCUT2D eigenvalue weighted by Crippen LogP contribution is -2.32. The summed E-state index contributed by atoms with van der Waals surface area (Å²) in [5, 5.41) is 10.2. The summed E-state index contributed by atoms with van der Waals surface area (Å²) < 4.78 is 0. The van der Waals surface area contributed by atoms with Crippen molar-refractivity contribution in [2.75, 3.05) is 32.7 Å². The molecule has 1 aromatic rings. The Morgan fingerprint density at radius 1 is 0.952 bits per heavy atom. The van der Waals surface area contributed by atoms with Gasteiger partial charge in [0.05, 0.1) is 0 Å². The molecule has 0 bridgehead atoms. The zero-order valence-corrected chi connectivity index (χ0v) is 12.8. The minimum atomic E-state index is 0.818. The summed E-state index contributed by atoms with van der Waals surface area (Å²) in [4.78, 5) is 0. The molecule has 3 N–H and O–H groups in total. The summed E-state index contributed by atoms with van der Waals surface area (Å²) in [6.45, 7) is 13.2. The molecule has 0 aliphatic heterocycles. The highest BCUT2D eigenvalue weighted by atomic mass is 15.0. The van der Waals surface area contributed by atoms with Crippen molar-refractivity contribution in [1.82, 2.24) is 16.0 Å². The Morgan fingerprint density at radius 2 is 1.62 bits per heavy atom. The van der Waals surface area contributed by atoms with Gasteiger partial charge in [-0.15, -0.1) is 0 Å². The lowest BCUT2D eigenvalue weighted by Gasteiger charge is -2.08. The molecule has 0 atom stereocenters. The molecule has 0 heterocycles. The molecule has 3 nitrogen and oxygen atoms in total. The number of benzene rings is 1. The first-order valence-electron chi connectivity index (χ1n) is 7.46. The Kier molecular flexibility index (Phi) is 10.0. The monoisotopic (exact) mass is 285 g/mol. The summed E-state index contributed by atoms with van der Waals surface area (Å²) in [7, 11) is 0. The second kappa shape index (κ2) is 12.1. The van der Waals surface area contributed by atoms with E-state index in [0.29, 0.717) is 0 Å². The number of nitrogens with one attached hydrogen (secondary N) is 3. The van der Waals surface area contributed by atoms with Crippen molar-refractivity contribution in [1.29, 1.82) is 0 Å². The average Bonchev–Trinajstić information content (AvgIpc) is 2.52. The second-order valence-corrected chi connectivity index (χ2v) is 4.84. The Morgan fingerprint density at radius 3 is 2.33 bits per heavy atom. The van der Waals surface area contributed by atoms with Crippen LogP contribution in [0.4, 0.5) is 0 Å². The van der Waals surface area contributed by atoms with Gasteiger partial charge in [-0.3, -0.25) is 0 Å². The highest BCUT2D eigenvalue weighted by Gasteiger charge is 1.92. The molecule has 0 amide bonds. The van der Waals surface area contributed by atoms with Gasteiger partial charge in [-0.1, -0.05) is 61.7 Å². The van der Waals surface area contributed by atoms with E-state index in [1.54, 1.807) is 6.08 Å². The molecule has 0 aliphatic rings. The molecule has 0 radical (unpaired) electrons. The van der Waals surface area contributed by atoms with E-state index in [1.807, 2.05) is 18.2 Å². The third kappa shape index (κ3) is 9.79. The van der Waals surface area contributed by atoms with Crippen LogP contribution >= 0.6 is 0 Å². The second-order valence-electron chi connectivity index (χ2n) is 4.84. The molecule has 0 spiro atoms. The van der Waals surface area contributed by atoms with Crippen LogP contribution in [0.25, 0.3) is 0 Å². The summed E-state index contributed by atoms with van der Waals surface area (Å²) >= 11 is 0. The van der Waals surface area contributed by atoms with Gasteiger partial charge in [0, 0.05) is 39.3 Å². The van der Waals surface area contributed by atoms with Crippen LogP contribution in [0.3, 0.4) is 0 Å². The van der Waals surface area contributed by atoms with Gasteiger partial charge in [-0.05, 0) is 11.1 Å². The lowest BCUT2D eigenvalue weighted by atomic mass is 10.2. The van der Waals surface area contributed by atoms with Gasteiger partial charge in [-0.25, -0.2) is 0 Å². The van der Waals surface area contributed by atoms with Gasteiger partial charge in [0.2, 0.25) is 0 Å². The van der Waals surface area contributed by atoms with Gasteiger partial charge in [0.15, 0.2) is 0 Å². The molecule has 3 heteroatoms. The smallest absolute Gasteiger partial charge is 0.0206 e. The fourth-order valence-electron chi connectivity index (χ4n) is 1.82. The van der Waals surface area contributed by atoms with Gasteiger partial charge in [0.1, 0.15) is 0 Å². The van der Waals surface area contributed by atoms with Crippen molar-refractivity contribution in [3.63, 3.8) is 0 Å². The molecule has 0 saturated carbocycles. The van der Waals surface area contributed by atoms with Gasteiger partial charge in [-0.2, -0.15) is 0 Å². The zero-order valence-electron chi connectivity index (χ0n) is 12.8. The van der Waals surface area contributed by atoms with Crippen molar-refractivity contribution < 1.29 is 0 Å². The molecule has 0 unspecified atom stereocenters. The van der Waals surface area contributed by atoms with E-state index in [9.17, 15) is 0 Å². The lowest BCUT2D eigenvalue weighted by molar-refractivity contribution is 0.591. The van der Waals surface area contributed by atoms with Crippen molar-refractivity contribution in [3.8, 4) is 0 Å². The molecule has 0 aromatic heterocycles. The van der Waals surface area contributed by atoms with E-state index in [4.69, 9.17) is 0 Å². The van der Waals surface area contributed by atoms with Gasteiger partial charge < -0.3 is 16.0 Å². The number of rotatable bonds is 12. The van der Waals surface area contributed by atoms with E-state index in [-0.39, 0.29) is 0 Å². The van der Waals surface area contributed by atoms with Crippen LogP contribution in [-0.2, 0) is 6.54 Å². The summed E-state index contributed by atoms with van der Waals surface area (Å²) in [6, 6.07) is 10.5. The van der Waals surface area contributed by atoms with E-state index >= 15 is 0 Å². The summed E-state index contributed by atoms with van der Waals surface area (Å²) in [6.07, 6.45) is 5.64. The van der Waals surface area contributed by atoms with Gasteiger partial charge in [0.25, 0.3) is 0 Å². The van der Waals surface area contributed by atoms with Crippen LogP contribution in [-0.4, -0.2) is 32.7 Å². The van der Waals surface area contributed by atoms with Crippen LogP contribution < -0.4 is 16.0 Å². The first-order chi connectivity index (χ1) is 10.3. The fourth-order valence-corrected chi connectivity index (χ4v) is 1.82. The summed E-state index contributed by atoms with van der Waals surface area (Å²) in [5.41, 5.74) is 2.39. The minimum Gasteiger partial charge on any atom is -0.314 e. The first kappa shape index (κ1) is 17.4. The SMILES string of the molecule is C=CC=CC(=C)CNCCNCCNCc1ccccc1. The van der Waals surface area contributed by atoms with E-state index in [0.717, 1.165) is 44.8 Å². The Balaban J connectivity index is 1.88. The Bertz CT molecular complexity index is 423. The predicted molar refractivity (Wildman–Crippen MR) is 92.4 cm³/mol. The first-order valence-corrected chi connectivity index (χ1v) is 7.46. The summed E-state index contributed by atoms with van der Waals surface area (Å²) in [5.74, 6) is 0. The van der Waals surface area contributed by atoms with E-state index < -0.39 is 0 Å². The minimum absolute atomic E-state index is 0.818. The molecule has 1 rings (SSSR count). The third-order valence-electron chi connectivity index (χ3n) is 2.95. The maximum atomic E-state index is 3.95. The molecule has 0 saturated heterocycles. The largest absolute Gasteiger partial charge is 0.314 e. The predicted octanol–water partition coefficient (Wildman–Crippen LogP) is 2.25. The number of allylic oxidation sites excluding steroid dienone is 2. The standard InChI is InChI=1S/C18H27N3/c1-3-4-8-17(2)15-20-13-11-19-12-14-21-16-18-9-6-5-7-10-18/h3-10,19-21H,1-2,11-16H2. The molecule has 0 aliphatic carbocycles. The third-order valence-corrected chi connectivity index (χ3v) is 2.95. The average molecular weight is 285 g/mol. The normalized spacial score (nSPS) is 10.9. The van der Waals surface area contributed by atoms with Crippen molar-refractivity contribution in [2.45, 2.75) is 6.54 Å². The highest BCUT2D eigenvalue weighted by molar-refractivity contribution is 5.19. The molecule has 21 heavy (non-hydrogen) atoms. The number of hydrogen-bond acceptors (Lipinski definition) is 3. The maximum Gasteiger partial charge on any atom is 0.0206 e. The highest BCUT2D eigenvalue weighted by Crippen LogP contribution is 1.96. The van der Waals surface area contributed by atoms with Crippen LogP contribution in [0.1, 0.15) is 5.56 Å². The topological polar surface area (TPSA) is 36.1 Å². The molecule has 0 fully saturated rings. The maximum absolute atomic E-state index is 3.95. The Hall–Kier alpha value is -1.68. The number of hydrogen-bond donors (Lipinski definition) is 3. The molecular weight excluding hydrogens is 258 g/mol. The van der Waals surface area contributed by atoms with Crippen molar-refractivity contribution in [3.05, 3.63) is 72.9 Å². The van der Waals surface area contributed by atoms with E-state index in [1.165, 1.54) is 5.56 Å². The van der Waals surface area contributed by atoms with E-state index in [2.05, 4.69) is 53.4 Å². The quantitative estimate of drug-likeness (QED) is 0.407. The fraction of sp³-hybridized carbons (Fsp3) is 0.333. The van der Waals surface area contributed by atoms with Gasteiger partial charge >= 0.3 is 0 Å². The zero-order chi connectivity index (χ0) is 15.2. The van der Waals surface area contributed by atoms with Crippen LogP contribution in [0.5, 0.6) is 0 Å². The van der Waals surface area contributed by atoms with Crippen LogP contribution in [0, 0.1) is 0 Å². The molecule has 114 valence electrons. The molecular formula is C18H27N3.